The average Bonchev–Trinajstić information content (AvgIpc) is 2.17. The zero-order valence-corrected chi connectivity index (χ0v) is 8.57. The third-order valence-electron chi connectivity index (χ3n) is 2.15. The number of carbonyl (C=O) groups is 2. The van der Waals surface area contributed by atoms with E-state index in [1.165, 1.54) is 0 Å². The van der Waals surface area contributed by atoms with Crippen molar-refractivity contribution in [3.63, 3.8) is 0 Å². The number of ketones is 1. The smallest absolute Gasteiger partial charge is 0.218 e. The fraction of sp³-hybridized carbons (Fsp3) is 0.273. The summed E-state index contributed by atoms with van der Waals surface area (Å²) in [5.41, 5.74) is 11.7. The molecule has 1 aromatic carbocycles. The van der Waals surface area contributed by atoms with E-state index in [-0.39, 0.29) is 18.1 Å². The molecule has 1 unspecified atom stereocenters. The highest BCUT2D eigenvalue weighted by atomic mass is 16.1. The summed E-state index contributed by atoms with van der Waals surface area (Å²) in [5.74, 6) is -0.939. The Bertz CT molecular complexity index is 371. The SMILES string of the molecule is CC(CC(N)=O)C(=O)c1ccc(N)cc1. The number of rotatable bonds is 4. The second-order valence-corrected chi connectivity index (χ2v) is 3.56. The Kier molecular flexibility index (Phi) is 3.44. The van der Waals surface area contributed by atoms with Crippen LogP contribution in [0.1, 0.15) is 23.7 Å². The second kappa shape index (κ2) is 4.59. The maximum absolute atomic E-state index is 11.7. The number of hydrogen-bond donors (Lipinski definition) is 2. The largest absolute Gasteiger partial charge is 0.399 e. The second-order valence-electron chi connectivity index (χ2n) is 3.56. The molecule has 0 aliphatic heterocycles. The molecule has 0 bridgehead atoms. The lowest BCUT2D eigenvalue weighted by molar-refractivity contribution is -0.118. The Morgan fingerprint density at radius 1 is 1.27 bits per heavy atom. The minimum atomic E-state index is -0.466. The maximum Gasteiger partial charge on any atom is 0.218 e. The van der Waals surface area contributed by atoms with Crippen LogP contribution in [0, 0.1) is 5.92 Å². The molecule has 1 amide bonds. The summed E-state index contributed by atoms with van der Waals surface area (Å²) < 4.78 is 0. The zero-order chi connectivity index (χ0) is 11.4. The monoisotopic (exact) mass is 206 g/mol. The van der Waals surface area contributed by atoms with Crippen LogP contribution in [0.25, 0.3) is 0 Å². The third-order valence-corrected chi connectivity index (χ3v) is 2.15. The van der Waals surface area contributed by atoms with Crippen LogP contribution in [0.15, 0.2) is 24.3 Å². The fourth-order valence-corrected chi connectivity index (χ4v) is 1.33. The van der Waals surface area contributed by atoms with Gasteiger partial charge in [0.2, 0.25) is 5.91 Å². The van der Waals surface area contributed by atoms with E-state index in [2.05, 4.69) is 0 Å². The first-order valence-electron chi connectivity index (χ1n) is 4.68. The van der Waals surface area contributed by atoms with Gasteiger partial charge < -0.3 is 11.5 Å². The molecule has 4 nitrogen and oxygen atoms in total. The summed E-state index contributed by atoms with van der Waals surface area (Å²) in [6.07, 6.45) is 0.0726. The van der Waals surface area contributed by atoms with Crippen LogP contribution in [0.4, 0.5) is 5.69 Å². The molecule has 1 aromatic rings. The van der Waals surface area contributed by atoms with Crippen molar-refractivity contribution in [2.75, 3.05) is 5.73 Å². The third kappa shape index (κ3) is 3.09. The summed E-state index contributed by atoms with van der Waals surface area (Å²) >= 11 is 0. The van der Waals surface area contributed by atoms with Gasteiger partial charge in [0.15, 0.2) is 5.78 Å². The molecule has 15 heavy (non-hydrogen) atoms. The molecule has 80 valence electrons. The van der Waals surface area contributed by atoms with Gasteiger partial charge in [0, 0.05) is 23.6 Å². The molecule has 4 N–H and O–H groups in total. The van der Waals surface area contributed by atoms with Crippen LogP contribution in [-0.2, 0) is 4.79 Å². The van der Waals surface area contributed by atoms with Crippen molar-refractivity contribution >= 4 is 17.4 Å². The average molecular weight is 206 g/mol. The van der Waals surface area contributed by atoms with Crippen LogP contribution >= 0.6 is 0 Å². The summed E-state index contributed by atoms with van der Waals surface area (Å²) in [6, 6.07) is 6.61. The summed E-state index contributed by atoms with van der Waals surface area (Å²) in [5, 5.41) is 0. The molecule has 1 rings (SSSR count). The number of amides is 1. The predicted molar refractivity (Wildman–Crippen MR) is 58.2 cm³/mol. The molecule has 0 spiro atoms. The summed E-state index contributed by atoms with van der Waals surface area (Å²) in [7, 11) is 0. The molecule has 0 radical (unpaired) electrons. The maximum atomic E-state index is 11.7. The van der Waals surface area contributed by atoms with E-state index in [1.54, 1.807) is 31.2 Å². The molecular formula is C11H14N2O2. The molecule has 0 aromatic heterocycles. The van der Waals surface area contributed by atoms with Crippen molar-refractivity contribution in [2.45, 2.75) is 13.3 Å². The van der Waals surface area contributed by atoms with Crippen molar-refractivity contribution in [2.24, 2.45) is 11.7 Å². The van der Waals surface area contributed by atoms with Gasteiger partial charge in [-0.15, -0.1) is 0 Å². The summed E-state index contributed by atoms with van der Waals surface area (Å²) in [4.78, 5) is 22.4. The molecule has 0 heterocycles. The lowest BCUT2D eigenvalue weighted by atomic mass is 9.96. The van der Waals surface area contributed by atoms with E-state index < -0.39 is 5.91 Å². The fourth-order valence-electron chi connectivity index (χ4n) is 1.33. The van der Waals surface area contributed by atoms with Gasteiger partial charge in [-0.1, -0.05) is 6.92 Å². The van der Waals surface area contributed by atoms with Gasteiger partial charge in [0.1, 0.15) is 0 Å². The Labute approximate surface area is 88.3 Å². The normalized spacial score (nSPS) is 12.1. The number of nitrogen functional groups attached to an aromatic ring is 1. The van der Waals surface area contributed by atoms with E-state index in [1.807, 2.05) is 0 Å². The van der Waals surface area contributed by atoms with Gasteiger partial charge in [0.25, 0.3) is 0 Å². The number of nitrogens with two attached hydrogens (primary N) is 2. The van der Waals surface area contributed by atoms with Crippen LogP contribution < -0.4 is 11.5 Å². The Morgan fingerprint density at radius 3 is 2.27 bits per heavy atom. The standard InChI is InChI=1S/C11H14N2O2/c1-7(6-10(13)14)11(15)8-2-4-9(12)5-3-8/h2-5,7H,6,12H2,1H3,(H2,13,14). The number of primary amides is 1. The van der Waals surface area contributed by atoms with Gasteiger partial charge >= 0.3 is 0 Å². The number of anilines is 1. The lowest BCUT2D eigenvalue weighted by Crippen LogP contribution is -2.20. The van der Waals surface area contributed by atoms with Gasteiger partial charge in [-0.2, -0.15) is 0 Å². The lowest BCUT2D eigenvalue weighted by Gasteiger charge is -2.07. The van der Waals surface area contributed by atoms with Gasteiger partial charge in [-0.25, -0.2) is 0 Å². The van der Waals surface area contributed by atoms with Crippen molar-refractivity contribution in [3.8, 4) is 0 Å². The van der Waals surface area contributed by atoms with Crippen LogP contribution in [-0.4, -0.2) is 11.7 Å². The van der Waals surface area contributed by atoms with Gasteiger partial charge in [-0.3, -0.25) is 9.59 Å². The molecule has 0 fully saturated rings. The highest BCUT2D eigenvalue weighted by Crippen LogP contribution is 2.13. The number of hydrogen-bond acceptors (Lipinski definition) is 3. The van der Waals surface area contributed by atoms with E-state index in [9.17, 15) is 9.59 Å². The minimum Gasteiger partial charge on any atom is -0.399 e. The van der Waals surface area contributed by atoms with E-state index >= 15 is 0 Å². The molecule has 0 aliphatic rings. The number of Topliss-reactive ketones (excluding diaryl/α,β-unsaturated/α-hetero) is 1. The molecule has 0 saturated heterocycles. The highest BCUT2D eigenvalue weighted by molar-refractivity contribution is 5.99. The van der Waals surface area contributed by atoms with Crippen molar-refractivity contribution in [3.05, 3.63) is 29.8 Å². The van der Waals surface area contributed by atoms with Crippen LogP contribution in [0.3, 0.4) is 0 Å². The Balaban J connectivity index is 2.76. The topological polar surface area (TPSA) is 86.2 Å². The van der Waals surface area contributed by atoms with E-state index in [0.29, 0.717) is 11.3 Å². The van der Waals surface area contributed by atoms with Gasteiger partial charge in [-0.05, 0) is 24.3 Å². The summed E-state index contributed by atoms with van der Waals surface area (Å²) in [6.45, 7) is 1.68. The highest BCUT2D eigenvalue weighted by Gasteiger charge is 2.16. The minimum absolute atomic E-state index is 0.0726. The zero-order valence-electron chi connectivity index (χ0n) is 8.57. The van der Waals surface area contributed by atoms with Crippen molar-refractivity contribution < 1.29 is 9.59 Å². The molecule has 4 heteroatoms. The van der Waals surface area contributed by atoms with Crippen molar-refractivity contribution in [1.29, 1.82) is 0 Å². The molecular weight excluding hydrogens is 192 g/mol. The molecule has 0 saturated carbocycles. The first-order valence-corrected chi connectivity index (χ1v) is 4.68. The molecule has 1 atom stereocenters. The Hall–Kier alpha value is -1.84. The van der Waals surface area contributed by atoms with Gasteiger partial charge in [0.05, 0.1) is 0 Å². The van der Waals surface area contributed by atoms with E-state index in [0.717, 1.165) is 0 Å². The Morgan fingerprint density at radius 2 is 1.80 bits per heavy atom. The first-order chi connectivity index (χ1) is 7.00. The van der Waals surface area contributed by atoms with Crippen LogP contribution in [0.5, 0.6) is 0 Å². The predicted octanol–water partition coefficient (Wildman–Crippen LogP) is 0.963. The van der Waals surface area contributed by atoms with Crippen LogP contribution in [0.2, 0.25) is 0 Å². The number of benzene rings is 1. The number of carbonyl (C=O) groups excluding carboxylic acids is 2. The van der Waals surface area contributed by atoms with E-state index in [4.69, 9.17) is 11.5 Å². The van der Waals surface area contributed by atoms with Crippen molar-refractivity contribution in [1.82, 2.24) is 0 Å². The molecule has 0 aliphatic carbocycles. The quantitative estimate of drug-likeness (QED) is 0.568. The first kappa shape index (κ1) is 11.2.